The molecule has 1 amide bonds. The molecule has 0 spiro atoms. The van der Waals surface area contributed by atoms with Gasteiger partial charge < -0.3 is 4.90 Å². The summed E-state index contributed by atoms with van der Waals surface area (Å²) in [6.45, 7) is 2.67. The Kier molecular flexibility index (Phi) is 2.35. The maximum Gasteiger partial charge on any atom is 0.229 e. The molecule has 1 aliphatic rings. The van der Waals surface area contributed by atoms with Crippen molar-refractivity contribution in [2.45, 2.75) is 19.4 Å². The number of fused-ring (bicyclic) bond motifs is 1. The fourth-order valence-corrected chi connectivity index (χ4v) is 2.43. The summed E-state index contributed by atoms with van der Waals surface area (Å²) < 4.78 is 1.10. The van der Waals surface area contributed by atoms with Crippen LogP contribution in [-0.4, -0.2) is 17.9 Å². The lowest BCUT2D eigenvalue weighted by Gasteiger charge is -2.30. The molecule has 2 rings (SSSR count). The second kappa shape index (κ2) is 3.39. The minimum absolute atomic E-state index is 0.0127. The number of hydrogen-bond donors (Lipinski definition) is 0. The summed E-state index contributed by atoms with van der Waals surface area (Å²) in [5, 5.41) is 0. The first-order chi connectivity index (χ1) is 6.61. The minimum Gasteiger partial charge on any atom is -0.341 e. The average Bonchev–Trinajstić information content (AvgIpc) is 2.17. The van der Waals surface area contributed by atoms with Crippen molar-refractivity contribution in [3.63, 3.8) is 0 Å². The third kappa shape index (κ3) is 1.36. The Balaban J connectivity index is 2.56. The van der Waals surface area contributed by atoms with Crippen LogP contribution in [0, 0.1) is 0 Å². The normalized spacial score (nSPS) is 20.9. The van der Waals surface area contributed by atoms with Crippen LogP contribution in [0.25, 0.3) is 0 Å². The standard InChI is InChI=1S/C11H12BrNO/c1-7-8-4-3-5-10(12)9(8)6-13(2)11(7)14/h3-5,7H,6H2,1-2H3/t7-/m0/s1. The third-order valence-corrected chi connectivity index (χ3v) is 3.51. The average molecular weight is 254 g/mol. The molecule has 0 bridgehead atoms. The van der Waals surface area contributed by atoms with Crippen LogP contribution in [-0.2, 0) is 11.3 Å². The Hall–Kier alpha value is -0.830. The van der Waals surface area contributed by atoms with E-state index >= 15 is 0 Å². The van der Waals surface area contributed by atoms with Gasteiger partial charge >= 0.3 is 0 Å². The van der Waals surface area contributed by atoms with Gasteiger partial charge in [0.1, 0.15) is 0 Å². The van der Waals surface area contributed by atoms with Gasteiger partial charge in [-0.05, 0) is 24.1 Å². The van der Waals surface area contributed by atoms with Crippen molar-refractivity contribution in [2.24, 2.45) is 0 Å². The molecule has 0 radical (unpaired) electrons. The summed E-state index contributed by atoms with van der Waals surface area (Å²) in [5.74, 6) is 0.192. The minimum atomic E-state index is -0.0127. The van der Waals surface area contributed by atoms with Gasteiger partial charge in [0.25, 0.3) is 0 Å². The molecule has 0 saturated heterocycles. The summed E-state index contributed by atoms with van der Waals surface area (Å²) in [6.07, 6.45) is 0. The van der Waals surface area contributed by atoms with E-state index in [9.17, 15) is 4.79 Å². The first kappa shape index (κ1) is 9.71. The molecule has 14 heavy (non-hydrogen) atoms. The molecule has 0 unspecified atom stereocenters. The molecule has 1 atom stereocenters. The number of rotatable bonds is 0. The van der Waals surface area contributed by atoms with E-state index in [1.54, 1.807) is 4.90 Å². The van der Waals surface area contributed by atoms with Crippen molar-refractivity contribution >= 4 is 21.8 Å². The second-order valence-electron chi connectivity index (χ2n) is 3.72. The number of benzene rings is 1. The number of likely N-dealkylation sites (N-methyl/N-ethyl adjacent to an activating group) is 1. The van der Waals surface area contributed by atoms with E-state index in [1.165, 1.54) is 5.56 Å². The molecule has 74 valence electrons. The molecule has 0 aromatic heterocycles. The highest BCUT2D eigenvalue weighted by atomic mass is 79.9. The van der Waals surface area contributed by atoms with Crippen LogP contribution in [0.2, 0.25) is 0 Å². The van der Waals surface area contributed by atoms with Crippen molar-refractivity contribution in [1.82, 2.24) is 4.90 Å². The van der Waals surface area contributed by atoms with Crippen LogP contribution in [0.4, 0.5) is 0 Å². The quantitative estimate of drug-likeness (QED) is 0.696. The van der Waals surface area contributed by atoms with Crippen molar-refractivity contribution in [2.75, 3.05) is 7.05 Å². The Labute approximate surface area is 92.0 Å². The number of nitrogens with zero attached hydrogens (tertiary/aromatic N) is 1. The summed E-state index contributed by atoms with van der Waals surface area (Å²) >= 11 is 3.52. The van der Waals surface area contributed by atoms with E-state index in [1.807, 2.05) is 32.2 Å². The zero-order chi connectivity index (χ0) is 10.3. The smallest absolute Gasteiger partial charge is 0.229 e. The van der Waals surface area contributed by atoms with Crippen LogP contribution in [0.3, 0.4) is 0 Å². The van der Waals surface area contributed by atoms with Crippen LogP contribution < -0.4 is 0 Å². The van der Waals surface area contributed by atoms with Crippen LogP contribution >= 0.6 is 15.9 Å². The Morgan fingerprint density at radius 3 is 2.93 bits per heavy atom. The Morgan fingerprint density at radius 1 is 1.50 bits per heavy atom. The first-order valence-electron chi connectivity index (χ1n) is 4.63. The highest BCUT2D eigenvalue weighted by molar-refractivity contribution is 9.10. The van der Waals surface area contributed by atoms with Crippen LogP contribution in [0.1, 0.15) is 24.0 Å². The molecule has 0 aliphatic carbocycles. The monoisotopic (exact) mass is 253 g/mol. The van der Waals surface area contributed by atoms with Crippen molar-refractivity contribution in [3.05, 3.63) is 33.8 Å². The molecule has 0 saturated carbocycles. The molecular weight excluding hydrogens is 242 g/mol. The predicted molar refractivity (Wildman–Crippen MR) is 59.0 cm³/mol. The van der Waals surface area contributed by atoms with Crippen molar-refractivity contribution in [1.29, 1.82) is 0 Å². The molecule has 3 heteroatoms. The molecule has 2 nitrogen and oxygen atoms in total. The summed E-state index contributed by atoms with van der Waals surface area (Å²) in [6, 6.07) is 6.04. The topological polar surface area (TPSA) is 20.3 Å². The Morgan fingerprint density at radius 2 is 2.21 bits per heavy atom. The molecule has 1 aromatic carbocycles. The summed E-state index contributed by atoms with van der Waals surface area (Å²) in [4.78, 5) is 13.5. The van der Waals surface area contributed by atoms with Crippen LogP contribution in [0.15, 0.2) is 22.7 Å². The number of hydrogen-bond acceptors (Lipinski definition) is 1. The van der Waals surface area contributed by atoms with Gasteiger partial charge in [-0.15, -0.1) is 0 Å². The van der Waals surface area contributed by atoms with Gasteiger partial charge in [0.05, 0.1) is 5.92 Å². The number of halogens is 1. The van der Waals surface area contributed by atoms with E-state index in [2.05, 4.69) is 15.9 Å². The van der Waals surface area contributed by atoms with Gasteiger partial charge in [-0.2, -0.15) is 0 Å². The third-order valence-electron chi connectivity index (χ3n) is 2.76. The molecule has 1 heterocycles. The largest absolute Gasteiger partial charge is 0.341 e. The lowest BCUT2D eigenvalue weighted by Crippen LogP contribution is -2.35. The fourth-order valence-electron chi connectivity index (χ4n) is 1.93. The maximum absolute atomic E-state index is 11.7. The van der Waals surface area contributed by atoms with Gasteiger partial charge in [-0.1, -0.05) is 28.1 Å². The lowest BCUT2D eigenvalue weighted by molar-refractivity contribution is -0.132. The van der Waals surface area contributed by atoms with E-state index in [0.29, 0.717) is 6.54 Å². The Bertz CT molecular complexity index is 389. The van der Waals surface area contributed by atoms with Gasteiger partial charge in [-0.25, -0.2) is 0 Å². The number of amides is 1. The van der Waals surface area contributed by atoms with E-state index in [4.69, 9.17) is 0 Å². The fraction of sp³-hybridized carbons (Fsp3) is 0.364. The van der Waals surface area contributed by atoms with Crippen molar-refractivity contribution < 1.29 is 4.79 Å². The SMILES string of the molecule is C[C@@H]1C(=O)N(C)Cc2c(Br)cccc21. The molecule has 0 fully saturated rings. The molecule has 0 N–H and O–H groups in total. The van der Waals surface area contributed by atoms with E-state index in [-0.39, 0.29) is 11.8 Å². The van der Waals surface area contributed by atoms with Gasteiger partial charge in [0, 0.05) is 18.1 Å². The zero-order valence-electron chi connectivity index (χ0n) is 8.25. The molecule has 1 aliphatic heterocycles. The second-order valence-corrected chi connectivity index (χ2v) is 4.58. The van der Waals surface area contributed by atoms with Crippen LogP contribution in [0.5, 0.6) is 0 Å². The highest BCUT2D eigenvalue weighted by Gasteiger charge is 2.28. The van der Waals surface area contributed by atoms with E-state index in [0.717, 1.165) is 10.0 Å². The van der Waals surface area contributed by atoms with Gasteiger partial charge in [-0.3, -0.25) is 4.79 Å². The summed E-state index contributed by atoms with van der Waals surface area (Å²) in [7, 11) is 1.85. The molecular formula is C11H12BrNO. The first-order valence-corrected chi connectivity index (χ1v) is 5.43. The molecule has 1 aromatic rings. The number of carbonyl (C=O) groups excluding carboxylic acids is 1. The van der Waals surface area contributed by atoms with E-state index < -0.39 is 0 Å². The number of carbonyl (C=O) groups is 1. The van der Waals surface area contributed by atoms with Gasteiger partial charge in [0.15, 0.2) is 0 Å². The van der Waals surface area contributed by atoms with Gasteiger partial charge in [0.2, 0.25) is 5.91 Å². The zero-order valence-corrected chi connectivity index (χ0v) is 9.84. The maximum atomic E-state index is 11.7. The van der Waals surface area contributed by atoms with Crippen molar-refractivity contribution in [3.8, 4) is 0 Å². The predicted octanol–water partition coefficient (Wildman–Crippen LogP) is 2.52. The lowest BCUT2D eigenvalue weighted by atomic mass is 9.91. The summed E-state index contributed by atoms with van der Waals surface area (Å²) in [5.41, 5.74) is 2.39. The highest BCUT2D eigenvalue weighted by Crippen LogP contribution is 2.32.